The number of carbonyl (C=O) groups excluding carboxylic acids is 1. The number of benzene rings is 1. The Hall–Kier alpha value is -2.87. The topological polar surface area (TPSA) is 94.6 Å². The highest BCUT2D eigenvalue weighted by molar-refractivity contribution is 5.92. The highest BCUT2D eigenvalue weighted by atomic mass is 16.5. The van der Waals surface area contributed by atoms with Gasteiger partial charge in [-0.2, -0.15) is 0 Å². The molecule has 8 heteroatoms. The van der Waals surface area contributed by atoms with E-state index in [1.54, 1.807) is 20.3 Å². The molecule has 0 aliphatic carbocycles. The van der Waals surface area contributed by atoms with Crippen molar-refractivity contribution in [3.05, 3.63) is 41.7 Å². The van der Waals surface area contributed by atoms with Crippen LogP contribution in [0.4, 0.5) is 5.95 Å². The first-order valence-corrected chi connectivity index (χ1v) is 8.26. The van der Waals surface area contributed by atoms with E-state index in [1.807, 2.05) is 31.2 Å². The van der Waals surface area contributed by atoms with E-state index < -0.39 is 0 Å². The summed E-state index contributed by atoms with van der Waals surface area (Å²) in [6.07, 6.45) is 0. The van der Waals surface area contributed by atoms with Crippen molar-refractivity contribution < 1.29 is 19.0 Å². The monoisotopic (exact) mass is 360 g/mol. The minimum absolute atomic E-state index is 0.274. The van der Waals surface area contributed by atoms with Gasteiger partial charge in [-0.25, -0.2) is 9.97 Å². The van der Waals surface area contributed by atoms with Gasteiger partial charge in [0, 0.05) is 19.3 Å². The maximum atomic E-state index is 12.2. The van der Waals surface area contributed by atoms with Gasteiger partial charge in [0.15, 0.2) is 0 Å². The lowest BCUT2D eigenvalue weighted by Crippen LogP contribution is -2.29. The molecule has 0 saturated heterocycles. The molecule has 1 amide bonds. The normalized spacial score (nSPS) is 10.3. The SMILES string of the molecule is COCCNc1nc(C)cc(C(=O)NCCOc2ccc(OC)cc2)n1. The van der Waals surface area contributed by atoms with Crippen LogP contribution in [0.5, 0.6) is 11.5 Å². The van der Waals surface area contributed by atoms with Crippen molar-refractivity contribution in [1.82, 2.24) is 15.3 Å². The number of nitrogens with one attached hydrogen (secondary N) is 2. The maximum absolute atomic E-state index is 12.2. The van der Waals surface area contributed by atoms with Crippen LogP contribution < -0.4 is 20.1 Å². The molecule has 140 valence electrons. The third-order valence-electron chi connectivity index (χ3n) is 3.39. The maximum Gasteiger partial charge on any atom is 0.270 e. The van der Waals surface area contributed by atoms with E-state index in [4.69, 9.17) is 14.2 Å². The van der Waals surface area contributed by atoms with E-state index in [0.717, 1.165) is 5.75 Å². The second-order valence-electron chi connectivity index (χ2n) is 5.42. The Labute approximate surface area is 152 Å². The van der Waals surface area contributed by atoms with Gasteiger partial charge in [0.05, 0.1) is 20.3 Å². The van der Waals surface area contributed by atoms with Gasteiger partial charge in [-0.05, 0) is 37.3 Å². The number of rotatable bonds is 10. The van der Waals surface area contributed by atoms with Gasteiger partial charge >= 0.3 is 0 Å². The van der Waals surface area contributed by atoms with Crippen LogP contribution in [0.1, 0.15) is 16.2 Å². The molecule has 0 unspecified atom stereocenters. The summed E-state index contributed by atoms with van der Waals surface area (Å²) < 4.78 is 15.6. The number of methoxy groups -OCH3 is 2. The van der Waals surface area contributed by atoms with Gasteiger partial charge in [0.1, 0.15) is 23.8 Å². The number of anilines is 1. The van der Waals surface area contributed by atoms with E-state index in [1.165, 1.54) is 0 Å². The van der Waals surface area contributed by atoms with Crippen molar-refractivity contribution in [3.8, 4) is 11.5 Å². The third kappa shape index (κ3) is 6.21. The van der Waals surface area contributed by atoms with Crippen molar-refractivity contribution >= 4 is 11.9 Å². The van der Waals surface area contributed by atoms with E-state index in [-0.39, 0.29) is 5.91 Å². The standard InChI is InChI=1S/C18H24N4O4/c1-13-12-16(22-18(21-13)20-8-10-24-2)17(23)19-9-11-26-15-6-4-14(25-3)5-7-15/h4-7,12H,8-11H2,1-3H3,(H,19,23)(H,20,21,22). The number of hydrogen-bond acceptors (Lipinski definition) is 7. The van der Waals surface area contributed by atoms with Crippen molar-refractivity contribution in [2.45, 2.75) is 6.92 Å². The minimum Gasteiger partial charge on any atom is -0.497 e. The molecular weight excluding hydrogens is 336 g/mol. The summed E-state index contributed by atoms with van der Waals surface area (Å²) in [4.78, 5) is 20.7. The van der Waals surface area contributed by atoms with Crippen LogP contribution >= 0.6 is 0 Å². The lowest BCUT2D eigenvalue weighted by Gasteiger charge is -2.10. The smallest absolute Gasteiger partial charge is 0.270 e. The molecular formula is C18H24N4O4. The van der Waals surface area contributed by atoms with Crippen LogP contribution in [0.2, 0.25) is 0 Å². The Balaban J connectivity index is 1.81. The van der Waals surface area contributed by atoms with Gasteiger partial charge in [0.25, 0.3) is 5.91 Å². The zero-order valence-corrected chi connectivity index (χ0v) is 15.2. The Kier molecular flexibility index (Phi) is 7.63. The molecule has 2 N–H and O–H groups in total. The van der Waals surface area contributed by atoms with Crippen molar-refractivity contribution in [2.75, 3.05) is 45.8 Å². The van der Waals surface area contributed by atoms with E-state index >= 15 is 0 Å². The van der Waals surface area contributed by atoms with Crippen molar-refractivity contribution in [3.63, 3.8) is 0 Å². The van der Waals surface area contributed by atoms with Crippen LogP contribution in [0.25, 0.3) is 0 Å². The van der Waals surface area contributed by atoms with Gasteiger partial charge in [0.2, 0.25) is 5.95 Å². The first-order chi connectivity index (χ1) is 12.6. The van der Waals surface area contributed by atoms with Gasteiger partial charge < -0.3 is 24.8 Å². The van der Waals surface area contributed by atoms with Crippen LogP contribution in [-0.4, -0.2) is 56.4 Å². The molecule has 26 heavy (non-hydrogen) atoms. The van der Waals surface area contributed by atoms with Crippen LogP contribution in [0.15, 0.2) is 30.3 Å². The zero-order chi connectivity index (χ0) is 18.8. The number of amides is 1. The third-order valence-corrected chi connectivity index (χ3v) is 3.39. The first kappa shape index (κ1) is 19.5. The fourth-order valence-corrected chi connectivity index (χ4v) is 2.12. The summed E-state index contributed by atoms with van der Waals surface area (Å²) in [6.45, 7) is 3.62. The molecule has 0 radical (unpaired) electrons. The summed E-state index contributed by atoms with van der Waals surface area (Å²) in [5.41, 5.74) is 1.02. The average Bonchev–Trinajstić information content (AvgIpc) is 2.65. The molecule has 2 aromatic rings. The number of nitrogens with zero attached hydrogens (tertiary/aromatic N) is 2. The number of hydrogen-bond donors (Lipinski definition) is 2. The molecule has 0 spiro atoms. The Morgan fingerprint density at radius 3 is 2.46 bits per heavy atom. The summed E-state index contributed by atoms with van der Waals surface area (Å²) >= 11 is 0. The summed E-state index contributed by atoms with van der Waals surface area (Å²) in [7, 11) is 3.23. The summed E-state index contributed by atoms with van der Waals surface area (Å²) in [5.74, 6) is 1.60. The minimum atomic E-state index is -0.274. The molecule has 2 rings (SSSR count). The van der Waals surface area contributed by atoms with Crippen LogP contribution in [0, 0.1) is 6.92 Å². The predicted octanol–water partition coefficient (Wildman–Crippen LogP) is 1.66. The number of carbonyl (C=O) groups is 1. The highest BCUT2D eigenvalue weighted by Crippen LogP contribution is 2.16. The fraction of sp³-hybridized carbons (Fsp3) is 0.389. The van der Waals surface area contributed by atoms with E-state index in [9.17, 15) is 4.79 Å². The lowest BCUT2D eigenvalue weighted by atomic mass is 10.3. The zero-order valence-electron chi connectivity index (χ0n) is 15.2. The van der Waals surface area contributed by atoms with Crippen molar-refractivity contribution in [1.29, 1.82) is 0 Å². The van der Waals surface area contributed by atoms with E-state index in [0.29, 0.717) is 49.4 Å². The molecule has 1 aromatic heterocycles. The Morgan fingerprint density at radius 1 is 1.04 bits per heavy atom. The second kappa shape index (κ2) is 10.2. The highest BCUT2D eigenvalue weighted by Gasteiger charge is 2.10. The molecule has 0 aliphatic rings. The predicted molar refractivity (Wildman–Crippen MR) is 98.0 cm³/mol. The lowest BCUT2D eigenvalue weighted by molar-refractivity contribution is 0.0942. The quantitative estimate of drug-likeness (QED) is 0.622. The molecule has 0 aliphatic heterocycles. The number of aryl methyl sites for hydroxylation is 1. The van der Waals surface area contributed by atoms with Gasteiger partial charge in [-0.3, -0.25) is 4.79 Å². The second-order valence-corrected chi connectivity index (χ2v) is 5.42. The van der Waals surface area contributed by atoms with Gasteiger partial charge in [-0.1, -0.05) is 0 Å². The van der Waals surface area contributed by atoms with Gasteiger partial charge in [-0.15, -0.1) is 0 Å². The summed E-state index contributed by atoms with van der Waals surface area (Å²) in [5, 5.41) is 5.80. The number of aromatic nitrogens is 2. The number of ether oxygens (including phenoxy) is 3. The van der Waals surface area contributed by atoms with Crippen LogP contribution in [0.3, 0.4) is 0 Å². The Morgan fingerprint density at radius 2 is 1.77 bits per heavy atom. The molecule has 0 bridgehead atoms. The van der Waals surface area contributed by atoms with E-state index in [2.05, 4.69) is 20.6 Å². The van der Waals surface area contributed by atoms with Crippen molar-refractivity contribution in [2.24, 2.45) is 0 Å². The fourth-order valence-electron chi connectivity index (χ4n) is 2.12. The molecule has 0 fully saturated rings. The molecule has 1 heterocycles. The molecule has 1 aromatic carbocycles. The van der Waals surface area contributed by atoms with Crippen LogP contribution in [-0.2, 0) is 4.74 Å². The molecule has 0 saturated carbocycles. The average molecular weight is 360 g/mol. The molecule has 0 atom stereocenters. The molecule has 8 nitrogen and oxygen atoms in total. The summed E-state index contributed by atoms with van der Waals surface area (Å²) in [6, 6.07) is 8.89. The Bertz CT molecular complexity index is 707. The first-order valence-electron chi connectivity index (χ1n) is 8.26. The largest absolute Gasteiger partial charge is 0.497 e.